The third-order valence-corrected chi connectivity index (χ3v) is 7.34. The highest BCUT2D eigenvalue weighted by Gasteiger charge is 2.30. The number of likely N-dealkylation sites (N-methyl/N-ethyl adjacent to an activating group) is 1. The average Bonchev–Trinajstić information content (AvgIpc) is 3.31. The fourth-order valence-corrected chi connectivity index (χ4v) is 5.10. The summed E-state index contributed by atoms with van der Waals surface area (Å²) in [5, 5.41) is 6.40. The van der Waals surface area contributed by atoms with Gasteiger partial charge in [0.2, 0.25) is 0 Å². The van der Waals surface area contributed by atoms with E-state index in [1.807, 2.05) is 30.3 Å². The zero-order chi connectivity index (χ0) is 27.6. The number of carbonyl (C=O) groups is 2. The van der Waals surface area contributed by atoms with Crippen molar-refractivity contribution in [3.05, 3.63) is 95.4 Å². The molecule has 40 heavy (non-hydrogen) atoms. The number of piperazine rings is 1. The number of benzene rings is 3. The summed E-state index contributed by atoms with van der Waals surface area (Å²) in [6.07, 6.45) is 2.94. The number of hydrogen-bond donors (Lipinski definition) is 2. The highest BCUT2D eigenvalue weighted by atomic mass is 16.5. The number of anilines is 2. The zero-order valence-corrected chi connectivity index (χ0v) is 22.4. The molecule has 3 aliphatic rings. The van der Waals surface area contributed by atoms with Crippen LogP contribution in [0.25, 0.3) is 11.3 Å². The molecule has 1 fully saturated rings. The number of nitrogens with zero attached hydrogens (tertiary/aromatic N) is 2. The van der Waals surface area contributed by atoms with E-state index in [4.69, 9.17) is 14.2 Å². The van der Waals surface area contributed by atoms with Gasteiger partial charge < -0.3 is 29.7 Å². The van der Waals surface area contributed by atoms with Crippen molar-refractivity contribution in [3.63, 3.8) is 0 Å². The molecule has 6 rings (SSSR count). The third-order valence-electron chi connectivity index (χ3n) is 7.34. The monoisotopic (exact) mass is 538 g/mol. The van der Waals surface area contributed by atoms with Crippen molar-refractivity contribution < 1.29 is 23.8 Å². The van der Waals surface area contributed by atoms with Gasteiger partial charge >= 0.3 is 5.97 Å². The predicted octanol–water partition coefficient (Wildman–Crippen LogP) is 4.40. The second kappa shape index (κ2) is 10.9. The van der Waals surface area contributed by atoms with Gasteiger partial charge in [-0.05, 0) is 55.1 Å². The summed E-state index contributed by atoms with van der Waals surface area (Å²) in [5.41, 5.74) is 5.47. The fraction of sp³-hybridized carbons (Fsp3) is 0.226. The maximum absolute atomic E-state index is 13.4. The molecule has 0 atom stereocenters. The Balaban J connectivity index is 1.35. The van der Waals surface area contributed by atoms with Crippen LogP contribution < -0.4 is 20.1 Å². The van der Waals surface area contributed by atoms with Crippen molar-refractivity contribution >= 4 is 34.5 Å². The lowest BCUT2D eigenvalue weighted by Crippen LogP contribution is -2.43. The quantitative estimate of drug-likeness (QED) is 0.353. The van der Waals surface area contributed by atoms with E-state index in [1.165, 1.54) is 25.2 Å². The molecule has 3 aliphatic heterocycles. The number of rotatable bonds is 6. The molecular weight excluding hydrogens is 508 g/mol. The minimum atomic E-state index is -0.468. The summed E-state index contributed by atoms with van der Waals surface area (Å²) in [5.74, 6) is 0.385. The fourth-order valence-electron chi connectivity index (χ4n) is 5.10. The van der Waals surface area contributed by atoms with Gasteiger partial charge in [0.15, 0.2) is 11.5 Å². The molecule has 3 heterocycles. The molecule has 9 nitrogen and oxygen atoms in total. The lowest BCUT2D eigenvalue weighted by molar-refractivity contribution is -0.110. The molecule has 0 radical (unpaired) electrons. The highest BCUT2D eigenvalue weighted by Crippen LogP contribution is 2.40. The molecule has 204 valence electrons. The summed E-state index contributed by atoms with van der Waals surface area (Å²) in [7, 11) is 3.48. The molecular formula is C31H30N4O5. The lowest BCUT2D eigenvalue weighted by Gasteiger charge is -2.32. The molecule has 0 aliphatic carbocycles. The van der Waals surface area contributed by atoms with Crippen molar-refractivity contribution in [3.8, 4) is 11.5 Å². The van der Waals surface area contributed by atoms with E-state index in [9.17, 15) is 9.59 Å². The van der Waals surface area contributed by atoms with Crippen LogP contribution in [-0.4, -0.2) is 62.0 Å². The number of carbonyl (C=O) groups excluding carboxylic acids is 2. The van der Waals surface area contributed by atoms with Crippen LogP contribution >= 0.6 is 0 Å². The van der Waals surface area contributed by atoms with Crippen LogP contribution in [0.2, 0.25) is 0 Å². The Labute approximate surface area is 232 Å². The van der Waals surface area contributed by atoms with Crippen molar-refractivity contribution in [1.29, 1.82) is 0 Å². The third kappa shape index (κ3) is 5.16. The van der Waals surface area contributed by atoms with Gasteiger partial charge in [0, 0.05) is 49.5 Å². The van der Waals surface area contributed by atoms with Crippen molar-refractivity contribution in [2.75, 3.05) is 51.0 Å². The maximum atomic E-state index is 13.4. The van der Waals surface area contributed by atoms with Crippen molar-refractivity contribution in [1.82, 2.24) is 9.80 Å². The van der Waals surface area contributed by atoms with E-state index in [2.05, 4.69) is 39.6 Å². The van der Waals surface area contributed by atoms with E-state index >= 15 is 0 Å². The minimum absolute atomic E-state index is 0.277. The molecule has 3 aromatic carbocycles. The number of fused-ring (bicyclic) bond motifs is 2. The Morgan fingerprint density at radius 2 is 1.65 bits per heavy atom. The second-order valence-electron chi connectivity index (χ2n) is 10.0. The SMILES string of the molecule is COC(=O)c1ccc2c(c1)NC(=O)C2=C(Nc1ccc(CN2CCN(C)CC2)cc1)c1ccc2c(c1)OC=CO2. The van der Waals surface area contributed by atoms with E-state index in [0.29, 0.717) is 39.6 Å². The van der Waals surface area contributed by atoms with Crippen LogP contribution in [0.5, 0.6) is 11.5 Å². The number of ether oxygens (including phenoxy) is 3. The zero-order valence-electron chi connectivity index (χ0n) is 22.4. The Hall–Kier alpha value is -4.60. The Morgan fingerprint density at radius 3 is 2.40 bits per heavy atom. The number of esters is 1. The van der Waals surface area contributed by atoms with Crippen molar-refractivity contribution in [2.45, 2.75) is 6.54 Å². The van der Waals surface area contributed by atoms with Crippen LogP contribution in [-0.2, 0) is 16.1 Å². The Kier molecular flexibility index (Phi) is 6.98. The topological polar surface area (TPSA) is 92.4 Å². The first kappa shape index (κ1) is 25.7. The van der Waals surface area contributed by atoms with Crippen molar-refractivity contribution in [2.24, 2.45) is 0 Å². The Morgan fingerprint density at radius 1 is 0.925 bits per heavy atom. The van der Waals surface area contributed by atoms with Gasteiger partial charge in [0.1, 0.15) is 12.5 Å². The van der Waals surface area contributed by atoms with Crippen LogP contribution in [0, 0.1) is 0 Å². The number of amides is 1. The van der Waals surface area contributed by atoms with Crippen LogP contribution in [0.3, 0.4) is 0 Å². The molecule has 0 saturated carbocycles. The largest absolute Gasteiger partial charge is 0.465 e. The van der Waals surface area contributed by atoms with E-state index < -0.39 is 5.97 Å². The van der Waals surface area contributed by atoms with Gasteiger partial charge in [-0.2, -0.15) is 0 Å². The first-order valence-electron chi connectivity index (χ1n) is 13.2. The number of methoxy groups -OCH3 is 1. The summed E-state index contributed by atoms with van der Waals surface area (Å²) in [4.78, 5) is 30.3. The molecule has 1 amide bonds. The molecule has 0 unspecified atom stereocenters. The normalized spacial score (nSPS) is 17.7. The van der Waals surface area contributed by atoms with Crippen LogP contribution in [0.15, 0.2) is 73.2 Å². The summed E-state index contributed by atoms with van der Waals surface area (Å²) < 4.78 is 16.0. The predicted molar refractivity (Wildman–Crippen MR) is 153 cm³/mol. The van der Waals surface area contributed by atoms with E-state index in [0.717, 1.165) is 44.0 Å². The van der Waals surface area contributed by atoms with Gasteiger partial charge in [-0.3, -0.25) is 9.69 Å². The molecule has 2 N–H and O–H groups in total. The van der Waals surface area contributed by atoms with Gasteiger partial charge in [-0.1, -0.05) is 18.2 Å². The second-order valence-corrected chi connectivity index (χ2v) is 10.0. The summed E-state index contributed by atoms with van der Waals surface area (Å²) in [6.45, 7) is 5.16. The minimum Gasteiger partial charge on any atom is -0.465 e. The number of nitrogens with one attached hydrogen (secondary N) is 2. The average molecular weight is 539 g/mol. The van der Waals surface area contributed by atoms with Gasteiger partial charge in [0.25, 0.3) is 5.91 Å². The summed E-state index contributed by atoms with van der Waals surface area (Å²) >= 11 is 0. The first-order chi connectivity index (χ1) is 19.5. The first-order valence-corrected chi connectivity index (χ1v) is 13.2. The standard InChI is InChI=1S/C31H30N4O5/c1-34-11-13-35(14-12-34)19-20-3-7-23(8-4-20)32-29(21-6-10-26-27(18-21)40-16-15-39-26)28-24-9-5-22(31(37)38-2)17-25(24)33-30(28)36/h3-10,15-18,32H,11-14,19H2,1-2H3,(H,33,36). The molecule has 0 spiro atoms. The molecule has 0 aromatic heterocycles. The molecule has 3 aromatic rings. The van der Waals surface area contributed by atoms with E-state index in [1.54, 1.807) is 18.2 Å². The van der Waals surface area contributed by atoms with Crippen LogP contribution in [0.4, 0.5) is 11.4 Å². The Bertz CT molecular complexity index is 1520. The number of hydrogen-bond acceptors (Lipinski definition) is 8. The molecule has 1 saturated heterocycles. The van der Waals surface area contributed by atoms with Gasteiger partial charge in [-0.15, -0.1) is 0 Å². The molecule has 9 heteroatoms. The van der Waals surface area contributed by atoms with Gasteiger partial charge in [0.05, 0.1) is 29.6 Å². The van der Waals surface area contributed by atoms with Gasteiger partial charge in [-0.25, -0.2) is 4.79 Å². The maximum Gasteiger partial charge on any atom is 0.337 e. The van der Waals surface area contributed by atoms with Crippen LogP contribution in [0.1, 0.15) is 27.0 Å². The highest BCUT2D eigenvalue weighted by molar-refractivity contribution is 6.37. The van der Waals surface area contributed by atoms with E-state index in [-0.39, 0.29) is 5.91 Å². The lowest BCUT2D eigenvalue weighted by atomic mass is 9.98. The smallest absolute Gasteiger partial charge is 0.337 e. The summed E-state index contributed by atoms with van der Waals surface area (Å²) in [6, 6.07) is 18.9. The molecule has 0 bridgehead atoms.